The van der Waals surface area contributed by atoms with Crippen LogP contribution in [0.2, 0.25) is 0 Å². The number of hydrogen-bond donors (Lipinski definition) is 0. The summed E-state index contributed by atoms with van der Waals surface area (Å²) in [6, 6.07) is 9.02. The van der Waals surface area contributed by atoms with Crippen LogP contribution >= 0.6 is 0 Å². The number of benzene rings is 1. The Morgan fingerprint density at radius 1 is 1.11 bits per heavy atom. The fraction of sp³-hybridized carbons (Fsp3) is 0.400. The molecule has 3 aromatic rings. The molecule has 4 atom stereocenters. The van der Waals surface area contributed by atoms with E-state index in [9.17, 15) is 22.4 Å². The molecule has 1 saturated carbocycles. The van der Waals surface area contributed by atoms with Crippen LogP contribution in [0.4, 0.5) is 17.6 Å². The molecule has 1 aliphatic carbocycles. The van der Waals surface area contributed by atoms with Gasteiger partial charge in [0, 0.05) is 35.3 Å². The number of aromatic nitrogens is 2. The van der Waals surface area contributed by atoms with Crippen LogP contribution in [0.1, 0.15) is 35.7 Å². The molecule has 2 bridgehead atoms. The van der Waals surface area contributed by atoms with Crippen LogP contribution < -0.4 is 9.47 Å². The van der Waals surface area contributed by atoms with Crippen LogP contribution in [0.3, 0.4) is 0 Å². The lowest BCUT2D eigenvalue weighted by Gasteiger charge is -2.38. The van der Waals surface area contributed by atoms with Crippen molar-refractivity contribution >= 4 is 16.7 Å². The summed E-state index contributed by atoms with van der Waals surface area (Å²) in [6.45, 7) is 1.03. The van der Waals surface area contributed by atoms with Gasteiger partial charge >= 0.3 is 6.18 Å². The number of rotatable bonds is 6. The Morgan fingerprint density at radius 2 is 1.91 bits per heavy atom. The molecule has 35 heavy (non-hydrogen) atoms. The van der Waals surface area contributed by atoms with Crippen molar-refractivity contribution < 1.29 is 31.8 Å². The van der Waals surface area contributed by atoms with Gasteiger partial charge in [-0.05, 0) is 31.7 Å². The van der Waals surface area contributed by atoms with E-state index in [0.717, 1.165) is 17.6 Å². The highest BCUT2D eigenvalue weighted by molar-refractivity contribution is 6.09. The smallest absolute Gasteiger partial charge is 0.417 e. The number of amides is 1. The lowest BCUT2D eigenvalue weighted by Crippen LogP contribution is -2.51. The molecule has 1 amide bonds. The maximum absolute atomic E-state index is 13.9. The third-order valence-corrected chi connectivity index (χ3v) is 6.85. The number of hydrogen-bond acceptors (Lipinski definition) is 5. The van der Waals surface area contributed by atoms with E-state index in [1.54, 1.807) is 23.2 Å². The fourth-order valence-corrected chi connectivity index (χ4v) is 5.19. The van der Waals surface area contributed by atoms with Gasteiger partial charge in [-0.3, -0.25) is 4.79 Å². The normalized spacial score (nSPS) is 23.6. The molecule has 1 saturated heterocycles. The van der Waals surface area contributed by atoms with E-state index in [-0.39, 0.29) is 47.8 Å². The highest BCUT2D eigenvalue weighted by Crippen LogP contribution is 2.45. The molecule has 10 heteroatoms. The van der Waals surface area contributed by atoms with Gasteiger partial charge in [0.05, 0.1) is 11.6 Å². The van der Waals surface area contributed by atoms with Gasteiger partial charge in [-0.25, -0.2) is 14.4 Å². The highest BCUT2D eigenvalue weighted by atomic mass is 19.4. The SMILES string of the molecule is C[C@@H]1[C@H]2C[C@@H](Oc3ccc(C(F)(F)F)cn3)[C@H](C2)N1C(=O)c1c(OCCF)ncc2ccccc12. The first kappa shape index (κ1) is 23.3. The van der Waals surface area contributed by atoms with Crippen molar-refractivity contribution in [1.82, 2.24) is 14.9 Å². The molecule has 3 heterocycles. The van der Waals surface area contributed by atoms with Gasteiger partial charge < -0.3 is 14.4 Å². The molecule has 6 nitrogen and oxygen atoms in total. The molecular weight excluding hydrogens is 466 g/mol. The first-order chi connectivity index (χ1) is 16.8. The molecule has 2 aliphatic rings. The third-order valence-electron chi connectivity index (χ3n) is 6.85. The van der Waals surface area contributed by atoms with Crippen molar-refractivity contribution in [3.8, 4) is 11.8 Å². The second-order valence-corrected chi connectivity index (χ2v) is 8.85. The zero-order chi connectivity index (χ0) is 24.7. The van der Waals surface area contributed by atoms with Crippen molar-refractivity contribution in [3.05, 3.63) is 59.9 Å². The lowest BCUT2D eigenvalue weighted by molar-refractivity contribution is -0.137. The van der Waals surface area contributed by atoms with Gasteiger partial charge in [0.1, 0.15) is 24.9 Å². The zero-order valence-corrected chi connectivity index (χ0v) is 18.8. The van der Waals surface area contributed by atoms with Gasteiger partial charge in [-0.15, -0.1) is 0 Å². The van der Waals surface area contributed by atoms with Crippen LogP contribution in [-0.2, 0) is 6.18 Å². The molecular formula is C25H23F4N3O3. The summed E-state index contributed by atoms with van der Waals surface area (Å²) in [5, 5.41) is 1.40. The Bertz CT molecular complexity index is 1230. The average molecular weight is 489 g/mol. The summed E-state index contributed by atoms with van der Waals surface area (Å²) in [5.74, 6) is 0.0241. The van der Waals surface area contributed by atoms with Crippen LogP contribution in [0, 0.1) is 5.92 Å². The van der Waals surface area contributed by atoms with Crippen LogP contribution in [0.25, 0.3) is 10.8 Å². The van der Waals surface area contributed by atoms with Crippen molar-refractivity contribution in [3.63, 3.8) is 0 Å². The van der Waals surface area contributed by atoms with Gasteiger partial charge in [0.25, 0.3) is 5.91 Å². The molecule has 1 aliphatic heterocycles. The summed E-state index contributed by atoms with van der Waals surface area (Å²) >= 11 is 0. The Kier molecular flexibility index (Phi) is 5.98. The maximum atomic E-state index is 13.9. The van der Waals surface area contributed by atoms with Crippen molar-refractivity contribution in [2.24, 2.45) is 5.92 Å². The Morgan fingerprint density at radius 3 is 2.60 bits per heavy atom. The molecule has 0 spiro atoms. The number of pyridine rings is 2. The van der Waals surface area contributed by atoms with E-state index in [4.69, 9.17) is 9.47 Å². The number of carbonyl (C=O) groups excluding carboxylic acids is 1. The second kappa shape index (κ2) is 8.98. The second-order valence-electron chi connectivity index (χ2n) is 8.85. The molecule has 0 N–H and O–H groups in total. The maximum Gasteiger partial charge on any atom is 0.417 e. The van der Waals surface area contributed by atoms with Crippen molar-refractivity contribution in [2.45, 2.75) is 44.1 Å². The molecule has 184 valence electrons. The summed E-state index contributed by atoms with van der Waals surface area (Å²) < 4.78 is 62.8. The summed E-state index contributed by atoms with van der Waals surface area (Å²) in [4.78, 5) is 23.7. The van der Waals surface area contributed by atoms with E-state index < -0.39 is 24.5 Å². The minimum Gasteiger partial charge on any atom is -0.474 e. The minimum absolute atomic E-state index is 0.0724. The largest absolute Gasteiger partial charge is 0.474 e. The number of piperidine rings is 1. The average Bonchev–Trinajstić information content (AvgIpc) is 3.39. The quantitative estimate of drug-likeness (QED) is 0.453. The lowest BCUT2D eigenvalue weighted by atomic mass is 9.97. The number of fused-ring (bicyclic) bond motifs is 3. The molecule has 1 aromatic carbocycles. The number of carbonyl (C=O) groups is 1. The van der Waals surface area contributed by atoms with E-state index in [1.807, 2.05) is 19.1 Å². The topological polar surface area (TPSA) is 64.5 Å². The van der Waals surface area contributed by atoms with E-state index in [2.05, 4.69) is 9.97 Å². The monoisotopic (exact) mass is 489 g/mol. The number of halogens is 4. The van der Waals surface area contributed by atoms with Crippen molar-refractivity contribution in [1.29, 1.82) is 0 Å². The van der Waals surface area contributed by atoms with Gasteiger partial charge in [-0.2, -0.15) is 13.2 Å². The fourth-order valence-electron chi connectivity index (χ4n) is 5.19. The molecule has 0 radical (unpaired) electrons. The van der Waals surface area contributed by atoms with E-state index in [1.165, 1.54) is 6.07 Å². The standard InChI is InChI=1S/C25H23F4N3O3/c1-14-16-10-19(20(11-16)35-21-7-6-17(13-30-21)25(27,28)29)32(14)24(33)22-18-5-3-2-4-15(18)12-31-23(22)34-9-8-26/h2-7,12-14,16,19-20H,8-11H2,1H3/t14-,16-,19+,20-/m1/s1. The molecule has 0 unspecified atom stereocenters. The highest BCUT2D eigenvalue weighted by Gasteiger charge is 2.53. The van der Waals surface area contributed by atoms with Gasteiger partial charge in [0.2, 0.25) is 11.8 Å². The van der Waals surface area contributed by atoms with E-state index >= 15 is 0 Å². The molecule has 2 fully saturated rings. The first-order valence-electron chi connectivity index (χ1n) is 11.4. The summed E-state index contributed by atoms with van der Waals surface area (Å²) in [6.07, 6.45) is -1.20. The van der Waals surface area contributed by atoms with Crippen molar-refractivity contribution in [2.75, 3.05) is 13.3 Å². The predicted molar refractivity (Wildman–Crippen MR) is 119 cm³/mol. The van der Waals surface area contributed by atoms with Crippen LogP contribution in [-0.4, -0.2) is 52.2 Å². The molecule has 5 rings (SSSR count). The first-order valence-corrected chi connectivity index (χ1v) is 11.4. The van der Waals surface area contributed by atoms with Crippen LogP contribution in [0.5, 0.6) is 11.8 Å². The number of likely N-dealkylation sites (tertiary alicyclic amines) is 1. The Hall–Kier alpha value is -3.43. The summed E-state index contributed by atoms with van der Waals surface area (Å²) in [7, 11) is 0. The van der Waals surface area contributed by atoms with Crippen LogP contribution in [0.15, 0.2) is 48.8 Å². The van der Waals surface area contributed by atoms with Gasteiger partial charge in [0.15, 0.2) is 0 Å². The number of ether oxygens (including phenoxy) is 2. The Balaban J connectivity index is 1.43. The third kappa shape index (κ3) is 4.26. The minimum atomic E-state index is -4.48. The van der Waals surface area contributed by atoms with Gasteiger partial charge in [-0.1, -0.05) is 24.3 Å². The number of alkyl halides is 4. The molecule has 2 aromatic heterocycles. The number of nitrogens with zero attached hydrogens (tertiary/aromatic N) is 3. The summed E-state index contributed by atoms with van der Waals surface area (Å²) in [5.41, 5.74) is -0.588. The predicted octanol–water partition coefficient (Wildman–Crippen LogP) is 5.07. The van der Waals surface area contributed by atoms with E-state index in [0.29, 0.717) is 18.2 Å². The Labute approximate surface area is 198 Å². The zero-order valence-electron chi connectivity index (χ0n) is 18.8.